The van der Waals surface area contributed by atoms with Crippen LogP contribution in [-0.2, 0) is 24.8 Å². The standard InChI is InChI=1S/C14H21O5P/c1-12(15)19-14-10-6-5-8-13(14)9-7-11-18-20(4,16-2)17-3/h5-6,8,10H,4,7,9,11H2,1-3H3. The number of esters is 1. The Kier molecular flexibility index (Phi) is 6.96. The van der Waals surface area contributed by atoms with Crippen molar-refractivity contribution in [3.8, 4) is 5.75 Å². The lowest BCUT2D eigenvalue weighted by atomic mass is 10.1. The number of rotatable bonds is 8. The van der Waals surface area contributed by atoms with Crippen molar-refractivity contribution in [2.24, 2.45) is 0 Å². The Morgan fingerprint density at radius 2 is 1.90 bits per heavy atom. The van der Waals surface area contributed by atoms with Crippen molar-refractivity contribution in [2.45, 2.75) is 19.8 Å². The number of aryl methyl sites for hydroxylation is 1. The van der Waals surface area contributed by atoms with Gasteiger partial charge in [-0.05, 0) is 30.8 Å². The molecule has 0 aliphatic carbocycles. The summed E-state index contributed by atoms with van der Waals surface area (Å²) in [5.41, 5.74) is 0.967. The second kappa shape index (κ2) is 8.22. The van der Waals surface area contributed by atoms with Crippen LogP contribution in [0.4, 0.5) is 0 Å². The second-order valence-corrected chi connectivity index (χ2v) is 6.32. The molecule has 0 saturated carbocycles. The Morgan fingerprint density at radius 1 is 1.25 bits per heavy atom. The summed E-state index contributed by atoms with van der Waals surface area (Å²) < 4.78 is 20.9. The molecule has 0 amide bonds. The number of ether oxygens (including phenoxy) is 1. The lowest BCUT2D eigenvalue weighted by Crippen LogP contribution is -2.05. The molecule has 0 saturated heterocycles. The first-order valence-corrected chi connectivity index (χ1v) is 7.99. The minimum atomic E-state index is -2.42. The van der Waals surface area contributed by atoms with Crippen molar-refractivity contribution in [1.29, 1.82) is 0 Å². The van der Waals surface area contributed by atoms with Crippen LogP contribution in [0.15, 0.2) is 24.3 Å². The van der Waals surface area contributed by atoms with Gasteiger partial charge in [0.2, 0.25) is 7.57 Å². The van der Waals surface area contributed by atoms with E-state index in [0.717, 1.165) is 18.4 Å². The molecule has 0 fully saturated rings. The van der Waals surface area contributed by atoms with Gasteiger partial charge in [0.1, 0.15) is 5.75 Å². The summed E-state index contributed by atoms with van der Waals surface area (Å²) in [6.07, 6.45) is 5.27. The zero-order valence-electron chi connectivity index (χ0n) is 12.1. The maximum absolute atomic E-state index is 11.0. The third-order valence-electron chi connectivity index (χ3n) is 2.66. The zero-order chi connectivity index (χ0) is 15.0. The molecule has 0 spiro atoms. The predicted molar refractivity (Wildman–Crippen MR) is 80.1 cm³/mol. The SMILES string of the molecule is C=P(OC)(OC)OCCCc1ccccc1OC(C)=O. The van der Waals surface area contributed by atoms with Gasteiger partial charge in [-0.1, -0.05) is 18.2 Å². The quantitative estimate of drug-likeness (QED) is 0.320. The van der Waals surface area contributed by atoms with E-state index >= 15 is 0 Å². The molecule has 0 aliphatic rings. The van der Waals surface area contributed by atoms with E-state index in [1.54, 1.807) is 6.07 Å². The van der Waals surface area contributed by atoms with E-state index in [1.807, 2.05) is 18.2 Å². The van der Waals surface area contributed by atoms with E-state index in [2.05, 4.69) is 6.30 Å². The molecule has 1 rings (SSSR count). The molecule has 20 heavy (non-hydrogen) atoms. The highest BCUT2D eigenvalue weighted by molar-refractivity contribution is 7.59. The van der Waals surface area contributed by atoms with Gasteiger partial charge in [0.05, 0.1) is 6.61 Å². The van der Waals surface area contributed by atoms with Crippen LogP contribution < -0.4 is 4.74 Å². The zero-order valence-corrected chi connectivity index (χ0v) is 13.0. The number of hydrogen-bond acceptors (Lipinski definition) is 5. The molecule has 0 aromatic heterocycles. The third kappa shape index (κ3) is 5.47. The van der Waals surface area contributed by atoms with Crippen LogP contribution in [0.1, 0.15) is 18.9 Å². The highest BCUT2D eigenvalue weighted by Crippen LogP contribution is 2.46. The minimum Gasteiger partial charge on any atom is -0.426 e. The number of hydrogen-bond donors (Lipinski definition) is 0. The molecule has 0 heterocycles. The van der Waals surface area contributed by atoms with E-state index in [0.29, 0.717) is 12.4 Å². The normalized spacial score (nSPS) is 11.3. The van der Waals surface area contributed by atoms with Crippen molar-refractivity contribution in [3.05, 3.63) is 29.8 Å². The maximum Gasteiger partial charge on any atom is 0.308 e. The molecule has 0 aliphatic heterocycles. The first-order valence-electron chi connectivity index (χ1n) is 6.26. The van der Waals surface area contributed by atoms with Crippen molar-refractivity contribution in [2.75, 3.05) is 20.8 Å². The van der Waals surface area contributed by atoms with Gasteiger partial charge in [-0.2, -0.15) is 0 Å². The molecule has 0 unspecified atom stereocenters. The highest BCUT2D eigenvalue weighted by Gasteiger charge is 2.12. The van der Waals surface area contributed by atoms with E-state index in [4.69, 9.17) is 18.3 Å². The molecular weight excluding hydrogens is 279 g/mol. The Bertz CT molecular complexity index is 478. The Balaban J connectivity index is 2.50. The molecule has 0 radical (unpaired) electrons. The first kappa shape index (κ1) is 16.9. The molecular formula is C14H21O5P. The van der Waals surface area contributed by atoms with Crippen LogP contribution in [0.2, 0.25) is 0 Å². The van der Waals surface area contributed by atoms with Gasteiger partial charge in [0, 0.05) is 21.1 Å². The van der Waals surface area contributed by atoms with E-state index < -0.39 is 7.57 Å². The smallest absolute Gasteiger partial charge is 0.308 e. The molecule has 0 bridgehead atoms. The minimum absolute atomic E-state index is 0.324. The van der Waals surface area contributed by atoms with Gasteiger partial charge in [0.15, 0.2) is 0 Å². The van der Waals surface area contributed by atoms with Gasteiger partial charge in [0.25, 0.3) is 0 Å². The first-order chi connectivity index (χ1) is 9.50. The molecule has 0 N–H and O–H groups in total. The van der Waals surface area contributed by atoms with Gasteiger partial charge in [-0.25, -0.2) is 0 Å². The van der Waals surface area contributed by atoms with Gasteiger partial charge in [-0.3, -0.25) is 4.79 Å². The molecule has 1 aromatic rings. The van der Waals surface area contributed by atoms with E-state index in [9.17, 15) is 4.79 Å². The third-order valence-corrected chi connectivity index (χ3v) is 4.35. The lowest BCUT2D eigenvalue weighted by Gasteiger charge is -2.19. The Morgan fingerprint density at radius 3 is 2.50 bits per heavy atom. The summed E-state index contributed by atoms with van der Waals surface area (Å²) in [7, 11) is 0.606. The lowest BCUT2D eigenvalue weighted by molar-refractivity contribution is -0.131. The second-order valence-electron chi connectivity index (χ2n) is 4.11. The van der Waals surface area contributed by atoms with Crippen LogP contribution in [0.25, 0.3) is 0 Å². The largest absolute Gasteiger partial charge is 0.426 e. The van der Waals surface area contributed by atoms with Crippen molar-refractivity contribution in [1.82, 2.24) is 0 Å². The molecule has 0 atom stereocenters. The van der Waals surface area contributed by atoms with Gasteiger partial charge >= 0.3 is 5.97 Å². The number of benzene rings is 1. The van der Waals surface area contributed by atoms with Crippen molar-refractivity contribution < 1.29 is 23.1 Å². The fraction of sp³-hybridized carbons (Fsp3) is 0.429. The summed E-state index contributed by atoms with van der Waals surface area (Å²) in [6, 6.07) is 7.45. The summed E-state index contributed by atoms with van der Waals surface area (Å²) in [5.74, 6) is 0.268. The summed E-state index contributed by atoms with van der Waals surface area (Å²) in [6.45, 7) is 1.85. The average molecular weight is 300 g/mol. The van der Waals surface area contributed by atoms with Crippen LogP contribution in [0.3, 0.4) is 0 Å². The molecule has 5 nitrogen and oxygen atoms in total. The van der Waals surface area contributed by atoms with Gasteiger partial charge in [-0.15, -0.1) is 0 Å². The van der Waals surface area contributed by atoms with Gasteiger partial charge < -0.3 is 18.3 Å². The van der Waals surface area contributed by atoms with Crippen LogP contribution in [0, 0.1) is 0 Å². The fourth-order valence-corrected chi connectivity index (χ4v) is 2.38. The summed E-state index contributed by atoms with van der Waals surface area (Å²) in [5, 5.41) is 0. The number of carbonyl (C=O) groups excluding carboxylic acids is 1. The van der Waals surface area contributed by atoms with E-state index in [1.165, 1.54) is 21.1 Å². The van der Waals surface area contributed by atoms with Crippen LogP contribution in [0.5, 0.6) is 5.75 Å². The maximum atomic E-state index is 11.0. The molecule has 112 valence electrons. The Hall–Kier alpha value is -1.13. The predicted octanol–water partition coefficient (Wildman–Crippen LogP) is 3.05. The number of carbonyl (C=O) groups is 1. The van der Waals surface area contributed by atoms with Crippen molar-refractivity contribution >= 4 is 19.8 Å². The summed E-state index contributed by atoms with van der Waals surface area (Å²) in [4.78, 5) is 11.0. The Labute approximate surface area is 120 Å². The van der Waals surface area contributed by atoms with E-state index in [-0.39, 0.29) is 5.97 Å². The molecule has 6 heteroatoms. The topological polar surface area (TPSA) is 54.0 Å². The average Bonchev–Trinajstić information content (AvgIpc) is 2.44. The van der Waals surface area contributed by atoms with Crippen LogP contribution >= 0.6 is 7.57 Å². The monoisotopic (exact) mass is 300 g/mol. The van der Waals surface area contributed by atoms with Crippen LogP contribution in [-0.4, -0.2) is 33.1 Å². The fourth-order valence-electron chi connectivity index (χ4n) is 1.61. The van der Waals surface area contributed by atoms with Crippen molar-refractivity contribution in [3.63, 3.8) is 0 Å². The highest BCUT2D eigenvalue weighted by atomic mass is 31.2. The number of para-hydroxylation sites is 1. The molecule has 1 aromatic carbocycles. The summed E-state index contributed by atoms with van der Waals surface area (Å²) >= 11 is 0.